The predicted octanol–water partition coefficient (Wildman–Crippen LogP) is 2.94. The summed E-state index contributed by atoms with van der Waals surface area (Å²) < 4.78 is 0. The molecule has 0 spiro atoms. The van der Waals surface area contributed by atoms with Crippen LogP contribution < -0.4 is 0 Å². The molecule has 4 nitrogen and oxygen atoms in total. The Bertz CT molecular complexity index is 734. The van der Waals surface area contributed by atoms with E-state index in [4.69, 9.17) is 0 Å². The molecule has 0 amide bonds. The van der Waals surface area contributed by atoms with Crippen molar-refractivity contribution in [3.8, 4) is 22.8 Å². The van der Waals surface area contributed by atoms with Crippen LogP contribution in [-0.4, -0.2) is 20.3 Å². The van der Waals surface area contributed by atoms with Crippen LogP contribution in [0.25, 0.3) is 22.8 Å². The first-order valence-electron chi connectivity index (χ1n) is 6.46. The summed E-state index contributed by atoms with van der Waals surface area (Å²) in [7, 11) is 0. The summed E-state index contributed by atoms with van der Waals surface area (Å²) in [4.78, 5) is 4.52. The molecule has 0 radical (unpaired) electrons. The highest BCUT2D eigenvalue weighted by Gasteiger charge is 2.10. The van der Waals surface area contributed by atoms with Crippen molar-refractivity contribution in [2.75, 3.05) is 0 Å². The molecular weight excluding hydrogens is 250 g/mol. The number of rotatable bonds is 3. The zero-order valence-electron chi connectivity index (χ0n) is 11.2. The number of aliphatic hydroxyl groups is 1. The molecule has 100 valence electrons. The van der Waals surface area contributed by atoms with E-state index in [0.717, 1.165) is 16.7 Å². The highest BCUT2D eigenvalue weighted by Crippen LogP contribution is 2.23. The lowest BCUT2D eigenvalue weighted by atomic mass is 10.1. The standard InChI is InChI=1S/C16H15N3O/c1-11-5-4-7-12(9-11)15-17-16(19-18-15)14-8-3-2-6-13(14)10-20/h2-9,20H,10H2,1H3,(H,17,18,19). The lowest BCUT2D eigenvalue weighted by molar-refractivity contribution is 0.282. The van der Waals surface area contributed by atoms with E-state index in [0.29, 0.717) is 11.6 Å². The summed E-state index contributed by atoms with van der Waals surface area (Å²) >= 11 is 0. The number of aromatic nitrogens is 3. The highest BCUT2D eigenvalue weighted by atomic mass is 16.3. The van der Waals surface area contributed by atoms with Crippen LogP contribution in [0.5, 0.6) is 0 Å². The van der Waals surface area contributed by atoms with Gasteiger partial charge in [0.15, 0.2) is 11.6 Å². The summed E-state index contributed by atoms with van der Waals surface area (Å²) in [5.74, 6) is 1.34. The normalized spacial score (nSPS) is 10.7. The Morgan fingerprint density at radius 1 is 1.10 bits per heavy atom. The fraction of sp³-hybridized carbons (Fsp3) is 0.125. The maximum atomic E-state index is 9.38. The first kappa shape index (κ1) is 12.6. The molecule has 2 N–H and O–H groups in total. The molecule has 0 atom stereocenters. The molecule has 0 saturated carbocycles. The zero-order valence-corrected chi connectivity index (χ0v) is 11.2. The maximum absolute atomic E-state index is 9.38. The van der Waals surface area contributed by atoms with Crippen LogP contribution in [0.4, 0.5) is 0 Å². The second kappa shape index (κ2) is 5.27. The van der Waals surface area contributed by atoms with Gasteiger partial charge in [0, 0.05) is 11.1 Å². The van der Waals surface area contributed by atoms with E-state index in [1.165, 1.54) is 5.56 Å². The molecule has 20 heavy (non-hydrogen) atoms. The van der Waals surface area contributed by atoms with Crippen molar-refractivity contribution in [1.29, 1.82) is 0 Å². The largest absolute Gasteiger partial charge is 0.392 e. The first-order valence-corrected chi connectivity index (χ1v) is 6.46. The number of nitrogens with one attached hydrogen (secondary N) is 1. The molecule has 3 aromatic rings. The summed E-state index contributed by atoms with van der Waals surface area (Å²) in [5.41, 5.74) is 3.86. The second-order valence-corrected chi connectivity index (χ2v) is 4.69. The number of H-pyrrole nitrogens is 1. The number of hydrogen-bond acceptors (Lipinski definition) is 3. The Hall–Kier alpha value is -2.46. The van der Waals surface area contributed by atoms with E-state index in [1.54, 1.807) is 0 Å². The van der Waals surface area contributed by atoms with Crippen molar-refractivity contribution in [3.63, 3.8) is 0 Å². The maximum Gasteiger partial charge on any atom is 0.181 e. The number of aliphatic hydroxyl groups excluding tert-OH is 1. The van der Waals surface area contributed by atoms with Gasteiger partial charge in [0.2, 0.25) is 0 Å². The molecule has 0 fully saturated rings. The number of aryl methyl sites for hydroxylation is 1. The van der Waals surface area contributed by atoms with E-state index in [9.17, 15) is 5.11 Å². The Labute approximate surface area is 117 Å². The van der Waals surface area contributed by atoms with E-state index in [1.807, 2.05) is 55.5 Å². The summed E-state index contributed by atoms with van der Waals surface area (Å²) in [6.45, 7) is 2.02. The molecule has 0 aliphatic rings. The molecular formula is C16H15N3O. The third-order valence-electron chi connectivity index (χ3n) is 3.20. The van der Waals surface area contributed by atoms with Gasteiger partial charge in [-0.1, -0.05) is 48.0 Å². The highest BCUT2D eigenvalue weighted by molar-refractivity contribution is 5.64. The lowest BCUT2D eigenvalue weighted by Gasteiger charge is -2.02. The van der Waals surface area contributed by atoms with Crippen molar-refractivity contribution < 1.29 is 5.11 Å². The molecule has 1 aromatic heterocycles. The summed E-state index contributed by atoms with van der Waals surface area (Å²) in [6.07, 6.45) is 0. The van der Waals surface area contributed by atoms with Gasteiger partial charge in [-0.2, -0.15) is 5.10 Å². The van der Waals surface area contributed by atoms with Crippen molar-refractivity contribution >= 4 is 0 Å². The van der Waals surface area contributed by atoms with Gasteiger partial charge < -0.3 is 5.11 Å². The van der Waals surface area contributed by atoms with E-state index in [-0.39, 0.29) is 6.61 Å². The fourth-order valence-corrected chi connectivity index (χ4v) is 2.18. The molecule has 0 aliphatic carbocycles. The third-order valence-corrected chi connectivity index (χ3v) is 3.20. The van der Waals surface area contributed by atoms with Crippen molar-refractivity contribution in [2.24, 2.45) is 0 Å². The minimum absolute atomic E-state index is 0.0172. The Kier molecular flexibility index (Phi) is 3.31. The van der Waals surface area contributed by atoms with Crippen LogP contribution in [0.15, 0.2) is 48.5 Å². The monoisotopic (exact) mass is 265 g/mol. The fourth-order valence-electron chi connectivity index (χ4n) is 2.18. The third kappa shape index (κ3) is 2.33. The van der Waals surface area contributed by atoms with Gasteiger partial charge in [-0.3, -0.25) is 5.10 Å². The van der Waals surface area contributed by atoms with Gasteiger partial charge in [-0.25, -0.2) is 4.98 Å². The van der Waals surface area contributed by atoms with Crippen LogP contribution in [0, 0.1) is 6.92 Å². The SMILES string of the molecule is Cc1cccc(-c2n[nH]c(-c3ccccc3CO)n2)c1. The summed E-state index contributed by atoms with van der Waals surface area (Å²) in [5, 5.41) is 16.6. The summed E-state index contributed by atoms with van der Waals surface area (Å²) in [6, 6.07) is 15.7. The molecule has 4 heteroatoms. The number of hydrogen-bond donors (Lipinski definition) is 2. The second-order valence-electron chi connectivity index (χ2n) is 4.69. The topological polar surface area (TPSA) is 61.8 Å². The molecule has 0 bridgehead atoms. The van der Waals surface area contributed by atoms with Crippen molar-refractivity contribution in [1.82, 2.24) is 15.2 Å². The minimum atomic E-state index is -0.0172. The quantitative estimate of drug-likeness (QED) is 0.765. The minimum Gasteiger partial charge on any atom is -0.392 e. The van der Waals surface area contributed by atoms with Gasteiger partial charge in [-0.05, 0) is 18.6 Å². The van der Waals surface area contributed by atoms with Crippen molar-refractivity contribution in [2.45, 2.75) is 13.5 Å². The Morgan fingerprint density at radius 3 is 2.75 bits per heavy atom. The molecule has 1 heterocycles. The van der Waals surface area contributed by atoms with Crippen LogP contribution in [-0.2, 0) is 6.61 Å². The van der Waals surface area contributed by atoms with Gasteiger partial charge >= 0.3 is 0 Å². The Balaban J connectivity index is 2.02. The lowest BCUT2D eigenvalue weighted by Crippen LogP contribution is -1.90. The predicted molar refractivity (Wildman–Crippen MR) is 77.9 cm³/mol. The molecule has 0 unspecified atom stereocenters. The van der Waals surface area contributed by atoms with Gasteiger partial charge in [-0.15, -0.1) is 0 Å². The van der Waals surface area contributed by atoms with E-state index < -0.39 is 0 Å². The van der Waals surface area contributed by atoms with E-state index >= 15 is 0 Å². The molecule has 0 aliphatic heterocycles. The van der Waals surface area contributed by atoms with Crippen LogP contribution in [0.1, 0.15) is 11.1 Å². The van der Waals surface area contributed by atoms with Gasteiger partial charge in [0.1, 0.15) is 0 Å². The molecule has 3 rings (SSSR count). The number of nitrogens with zero attached hydrogens (tertiary/aromatic N) is 2. The number of benzene rings is 2. The van der Waals surface area contributed by atoms with Crippen LogP contribution >= 0.6 is 0 Å². The average Bonchev–Trinajstić information content (AvgIpc) is 2.97. The van der Waals surface area contributed by atoms with E-state index in [2.05, 4.69) is 15.2 Å². The number of aromatic amines is 1. The van der Waals surface area contributed by atoms with Crippen LogP contribution in [0.2, 0.25) is 0 Å². The van der Waals surface area contributed by atoms with Crippen LogP contribution in [0.3, 0.4) is 0 Å². The van der Waals surface area contributed by atoms with Gasteiger partial charge in [0.05, 0.1) is 6.61 Å². The van der Waals surface area contributed by atoms with Crippen molar-refractivity contribution in [3.05, 3.63) is 59.7 Å². The average molecular weight is 265 g/mol. The first-order chi connectivity index (χ1) is 9.78. The van der Waals surface area contributed by atoms with Gasteiger partial charge in [0.25, 0.3) is 0 Å². The Morgan fingerprint density at radius 2 is 1.95 bits per heavy atom. The molecule has 0 saturated heterocycles. The smallest absolute Gasteiger partial charge is 0.181 e. The zero-order chi connectivity index (χ0) is 13.9. The molecule has 2 aromatic carbocycles.